The van der Waals surface area contributed by atoms with E-state index in [1.807, 2.05) is 0 Å². The van der Waals surface area contributed by atoms with Gasteiger partial charge in [0, 0.05) is 24.4 Å². The average Bonchev–Trinajstić information content (AvgIpc) is 2.88. The Morgan fingerprint density at radius 2 is 2.39 bits per heavy atom. The molecule has 3 rings (SSSR count). The monoisotopic (exact) mass is 337 g/mol. The maximum atomic E-state index is 10.6. The minimum atomic E-state index is -0.506. The SMILES string of the molecule is O=[N+]([O-])/C=C/c1c(COC2CCCCO2)nn2cc(Cl)ccc12. The van der Waals surface area contributed by atoms with Gasteiger partial charge in [0.2, 0.25) is 6.20 Å². The Bertz CT molecular complexity index is 738. The van der Waals surface area contributed by atoms with Gasteiger partial charge in [0.15, 0.2) is 6.29 Å². The predicted octanol–water partition coefficient (Wildman–Crippen LogP) is 3.28. The second-order valence-corrected chi connectivity index (χ2v) is 5.68. The van der Waals surface area contributed by atoms with Crippen molar-refractivity contribution < 1.29 is 14.4 Å². The summed E-state index contributed by atoms with van der Waals surface area (Å²) < 4.78 is 12.9. The number of hydrogen-bond donors (Lipinski definition) is 0. The van der Waals surface area contributed by atoms with Gasteiger partial charge in [-0.15, -0.1) is 0 Å². The lowest BCUT2D eigenvalue weighted by Gasteiger charge is -2.22. The van der Waals surface area contributed by atoms with Gasteiger partial charge in [-0.2, -0.15) is 5.10 Å². The molecular formula is C15H16ClN3O4. The van der Waals surface area contributed by atoms with E-state index in [0.717, 1.165) is 31.0 Å². The van der Waals surface area contributed by atoms with Crippen LogP contribution in [0.2, 0.25) is 5.02 Å². The molecule has 2 aromatic heterocycles. The number of nitrogens with zero attached hydrogens (tertiary/aromatic N) is 3. The van der Waals surface area contributed by atoms with E-state index in [9.17, 15) is 10.1 Å². The first kappa shape index (κ1) is 15.9. The Morgan fingerprint density at radius 1 is 1.52 bits per heavy atom. The van der Waals surface area contributed by atoms with Crippen molar-refractivity contribution in [1.82, 2.24) is 9.61 Å². The Morgan fingerprint density at radius 3 is 3.13 bits per heavy atom. The first-order chi connectivity index (χ1) is 11.1. The molecule has 122 valence electrons. The van der Waals surface area contributed by atoms with Gasteiger partial charge >= 0.3 is 0 Å². The molecule has 2 aromatic rings. The second kappa shape index (κ2) is 7.08. The first-order valence-corrected chi connectivity index (χ1v) is 7.73. The van der Waals surface area contributed by atoms with Gasteiger partial charge in [-0.05, 0) is 31.4 Å². The maximum Gasteiger partial charge on any atom is 0.235 e. The molecule has 0 saturated carbocycles. The van der Waals surface area contributed by atoms with Crippen LogP contribution in [0.4, 0.5) is 0 Å². The summed E-state index contributed by atoms with van der Waals surface area (Å²) in [5.41, 5.74) is 1.99. The van der Waals surface area contributed by atoms with Crippen molar-refractivity contribution in [2.75, 3.05) is 6.61 Å². The molecule has 7 nitrogen and oxygen atoms in total. The molecule has 0 amide bonds. The molecule has 0 radical (unpaired) electrons. The molecule has 3 heterocycles. The molecule has 1 aliphatic heterocycles. The molecule has 0 bridgehead atoms. The Balaban J connectivity index is 1.87. The molecule has 1 fully saturated rings. The number of aromatic nitrogens is 2. The molecule has 0 spiro atoms. The Kier molecular flexibility index (Phi) is 4.90. The highest BCUT2D eigenvalue weighted by atomic mass is 35.5. The highest BCUT2D eigenvalue weighted by molar-refractivity contribution is 6.30. The lowest BCUT2D eigenvalue weighted by molar-refractivity contribution is -0.400. The van der Waals surface area contributed by atoms with E-state index in [0.29, 0.717) is 22.9 Å². The van der Waals surface area contributed by atoms with Crippen LogP contribution in [0.1, 0.15) is 30.5 Å². The fourth-order valence-corrected chi connectivity index (χ4v) is 2.69. The van der Waals surface area contributed by atoms with Gasteiger partial charge in [0.05, 0.1) is 27.8 Å². The van der Waals surface area contributed by atoms with Gasteiger partial charge < -0.3 is 9.47 Å². The molecule has 1 saturated heterocycles. The molecule has 0 N–H and O–H groups in total. The summed E-state index contributed by atoms with van der Waals surface area (Å²) in [6, 6.07) is 3.49. The van der Waals surface area contributed by atoms with Crippen LogP contribution in [0.15, 0.2) is 24.5 Å². The summed E-state index contributed by atoms with van der Waals surface area (Å²) in [4.78, 5) is 10.1. The fourth-order valence-electron chi connectivity index (χ4n) is 2.53. The second-order valence-electron chi connectivity index (χ2n) is 5.25. The van der Waals surface area contributed by atoms with Gasteiger partial charge in [0.1, 0.15) is 0 Å². The van der Waals surface area contributed by atoms with Gasteiger partial charge in [-0.3, -0.25) is 10.1 Å². The quantitative estimate of drug-likeness (QED) is 0.618. The molecule has 1 atom stereocenters. The number of pyridine rings is 1. The van der Waals surface area contributed by atoms with Crippen LogP contribution in [0.5, 0.6) is 0 Å². The van der Waals surface area contributed by atoms with Gasteiger partial charge in [0.25, 0.3) is 0 Å². The minimum absolute atomic E-state index is 0.224. The molecule has 1 unspecified atom stereocenters. The number of ether oxygens (including phenoxy) is 2. The molecule has 8 heteroatoms. The lowest BCUT2D eigenvalue weighted by Crippen LogP contribution is -2.22. The normalized spacial score (nSPS) is 18.7. The van der Waals surface area contributed by atoms with Crippen molar-refractivity contribution in [3.05, 3.63) is 50.9 Å². The van der Waals surface area contributed by atoms with E-state index in [1.165, 1.54) is 6.08 Å². The number of nitro groups is 1. The smallest absolute Gasteiger partial charge is 0.235 e. The van der Waals surface area contributed by atoms with Gasteiger partial charge in [-0.1, -0.05) is 11.6 Å². The van der Waals surface area contributed by atoms with Crippen LogP contribution in [0.25, 0.3) is 11.6 Å². The zero-order valence-electron chi connectivity index (χ0n) is 12.4. The number of rotatable bonds is 5. The maximum absolute atomic E-state index is 10.6. The zero-order chi connectivity index (χ0) is 16.2. The lowest BCUT2D eigenvalue weighted by atomic mass is 10.2. The molecule has 1 aliphatic rings. The van der Waals surface area contributed by atoms with Crippen LogP contribution in [-0.2, 0) is 16.1 Å². The largest absolute Gasteiger partial charge is 0.353 e. The molecule has 23 heavy (non-hydrogen) atoms. The summed E-state index contributed by atoms with van der Waals surface area (Å²) >= 11 is 5.97. The molecule has 0 aliphatic carbocycles. The highest BCUT2D eigenvalue weighted by Crippen LogP contribution is 2.22. The van der Waals surface area contributed by atoms with Gasteiger partial charge in [-0.25, -0.2) is 4.52 Å². The summed E-state index contributed by atoms with van der Waals surface area (Å²) in [5.74, 6) is 0. The van der Waals surface area contributed by atoms with Crippen molar-refractivity contribution in [2.24, 2.45) is 0 Å². The zero-order valence-corrected chi connectivity index (χ0v) is 13.1. The van der Waals surface area contributed by atoms with E-state index in [1.54, 1.807) is 22.8 Å². The molecular weight excluding hydrogens is 322 g/mol. The summed E-state index contributed by atoms with van der Waals surface area (Å²) in [7, 11) is 0. The number of hydrogen-bond acceptors (Lipinski definition) is 5. The fraction of sp³-hybridized carbons (Fsp3) is 0.400. The van der Waals surface area contributed by atoms with Crippen LogP contribution < -0.4 is 0 Å². The van der Waals surface area contributed by atoms with Crippen LogP contribution in [0.3, 0.4) is 0 Å². The average molecular weight is 338 g/mol. The third-order valence-corrected chi connectivity index (χ3v) is 3.84. The van der Waals surface area contributed by atoms with E-state index >= 15 is 0 Å². The minimum Gasteiger partial charge on any atom is -0.353 e. The Labute approximate surface area is 137 Å². The predicted molar refractivity (Wildman–Crippen MR) is 84.6 cm³/mol. The summed E-state index contributed by atoms with van der Waals surface area (Å²) in [5, 5.41) is 15.6. The summed E-state index contributed by atoms with van der Waals surface area (Å²) in [6.07, 6.45) is 6.69. The van der Waals surface area contributed by atoms with E-state index in [2.05, 4.69) is 5.10 Å². The topological polar surface area (TPSA) is 78.9 Å². The highest BCUT2D eigenvalue weighted by Gasteiger charge is 2.17. The van der Waals surface area contributed by atoms with Crippen molar-refractivity contribution in [1.29, 1.82) is 0 Å². The molecule has 0 aromatic carbocycles. The standard InChI is InChI=1S/C15H16ClN3O4/c16-11-4-5-14-12(6-7-19(20)21)13(17-18(14)9-11)10-23-15-3-1-2-8-22-15/h4-7,9,15H,1-3,8,10H2/b7-6+. The third kappa shape index (κ3) is 3.87. The van der Waals surface area contributed by atoms with E-state index in [4.69, 9.17) is 21.1 Å². The van der Waals surface area contributed by atoms with E-state index < -0.39 is 4.92 Å². The van der Waals surface area contributed by atoms with Crippen LogP contribution in [0, 0.1) is 10.1 Å². The van der Waals surface area contributed by atoms with E-state index in [-0.39, 0.29) is 12.9 Å². The third-order valence-electron chi connectivity index (χ3n) is 3.61. The number of halogens is 1. The Hall–Kier alpha value is -1.96. The van der Waals surface area contributed by atoms with Crippen molar-refractivity contribution >= 4 is 23.2 Å². The number of fused-ring (bicyclic) bond motifs is 1. The van der Waals surface area contributed by atoms with Crippen LogP contribution in [-0.4, -0.2) is 27.4 Å². The summed E-state index contributed by atoms with van der Waals surface area (Å²) in [6.45, 7) is 0.918. The first-order valence-electron chi connectivity index (χ1n) is 7.35. The van der Waals surface area contributed by atoms with Crippen molar-refractivity contribution in [3.8, 4) is 0 Å². The van der Waals surface area contributed by atoms with Crippen molar-refractivity contribution in [2.45, 2.75) is 32.2 Å². The van der Waals surface area contributed by atoms with Crippen molar-refractivity contribution in [3.63, 3.8) is 0 Å². The van der Waals surface area contributed by atoms with Crippen LogP contribution >= 0.6 is 11.6 Å².